The fraction of sp³-hybridized carbons (Fsp3) is 0.150. The number of fused-ring (bicyclic) bond motifs is 3. The van der Waals surface area contributed by atoms with Gasteiger partial charge in [0.2, 0.25) is 5.91 Å². The Morgan fingerprint density at radius 3 is 2.86 bits per heavy atom. The Kier molecular flexibility index (Phi) is 5.36. The quantitative estimate of drug-likeness (QED) is 0.466. The lowest BCUT2D eigenvalue weighted by Crippen LogP contribution is -2.12. The number of ether oxygens (including phenoxy) is 1. The molecule has 4 rings (SSSR count). The molecule has 8 heteroatoms. The maximum absolute atomic E-state index is 12.2. The van der Waals surface area contributed by atoms with Gasteiger partial charge in [-0.05, 0) is 41.8 Å². The molecule has 2 aromatic carbocycles. The summed E-state index contributed by atoms with van der Waals surface area (Å²) < 4.78 is 7.13. The van der Waals surface area contributed by atoms with Gasteiger partial charge in [-0.25, -0.2) is 0 Å². The van der Waals surface area contributed by atoms with Crippen molar-refractivity contribution in [2.75, 3.05) is 18.2 Å². The number of hydrogen-bond acceptors (Lipinski definition) is 5. The Morgan fingerprint density at radius 1 is 1.18 bits per heavy atom. The number of carbonyl (C=O) groups excluding carboxylic acids is 1. The van der Waals surface area contributed by atoms with E-state index in [1.165, 1.54) is 11.8 Å². The van der Waals surface area contributed by atoms with Crippen molar-refractivity contribution in [1.29, 1.82) is 0 Å². The molecule has 6 nitrogen and oxygen atoms in total. The molecule has 0 atom stereocenters. The van der Waals surface area contributed by atoms with Crippen LogP contribution in [0, 0.1) is 0 Å². The van der Waals surface area contributed by atoms with Gasteiger partial charge in [0, 0.05) is 17.9 Å². The normalized spacial score (nSPS) is 11.1. The Morgan fingerprint density at radius 2 is 2.04 bits per heavy atom. The summed E-state index contributed by atoms with van der Waals surface area (Å²) >= 11 is 7.59. The predicted molar refractivity (Wildman–Crippen MR) is 112 cm³/mol. The lowest BCUT2D eigenvalue weighted by molar-refractivity contribution is -0.115. The average Bonchev–Trinajstić information content (AvgIpc) is 3.12. The number of hydrogen-bond donors (Lipinski definition) is 1. The summed E-state index contributed by atoms with van der Waals surface area (Å²) in [5.41, 5.74) is 2.48. The van der Waals surface area contributed by atoms with Gasteiger partial charge in [-0.1, -0.05) is 41.6 Å². The molecule has 0 spiro atoms. The van der Waals surface area contributed by atoms with Gasteiger partial charge >= 0.3 is 0 Å². The molecule has 4 aromatic rings. The first-order valence-electron chi connectivity index (χ1n) is 8.65. The van der Waals surface area contributed by atoms with Crippen LogP contribution in [0.4, 0.5) is 5.69 Å². The summed E-state index contributed by atoms with van der Waals surface area (Å²) in [4.78, 5) is 12.2. The first-order valence-corrected chi connectivity index (χ1v) is 10.0. The number of methoxy groups -OCH3 is 1. The van der Waals surface area contributed by atoms with Crippen LogP contribution in [0.2, 0.25) is 5.02 Å². The number of rotatable bonds is 6. The molecule has 2 aromatic heterocycles. The van der Waals surface area contributed by atoms with Gasteiger partial charge in [0.05, 0.1) is 17.6 Å². The number of para-hydroxylation sites is 1. The summed E-state index contributed by atoms with van der Waals surface area (Å²) in [6.45, 7) is 0. The Hall–Kier alpha value is -2.77. The van der Waals surface area contributed by atoms with E-state index in [4.69, 9.17) is 16.3 Å². The average molecular weight is 413 g/mol. The van der Waals surface area contributed by atoms with Crippen molar-refractivity contribution in [1.82, 2.24) is 14.6 Å². The molecule has 0 aliphatic rings. The van der Waals surface area contributed by atoms with E-state index in [1.807, 2.05) is 34.7 Å². The smallest absolute Gasteiger partial charge is 0.225 e. The molecule has 0 bridgehead atoms. The van der Waals surface area contributed by atoms with Crippen LogP contribution in [-0.4, -0.2) is 33.4 Å². The summed E-state index contributed by atoms with van der Waals surface area (Å²) in [6.07, 6.45) is 0.341. The van der Waals surface area contributed by atoms with Gasteiger partial charge in [-0.15, -0.1) is 10.2 Å². The van der Waals surface area contributed by atoms with E-state index >= 15 is 0 Å². The second-order valence-electron chi connectivity index (χ2n) is 6.06. The third-order valence-electron chi connectivity index (χ3n) is 4.24. The molecule has 0 unspecified atom stereocenters. The number of amides is 1. The number of benzene rings is 2. The standard InChI is InChI=1S/C20H17ClN4O2S/c1-27-17-8-7-14(12-15(17)21)22-19(26)10-11-28-20-24-23-18-9-6-13-4-2-3-5-16(13)25(18)20/h2-9,12H,10-11H2,1H3,(H,22,26). The minimum absolute atomic E-state index is 0.0904. The van der Waals surface area contributed by atoms with Gasteiger partial charge in [0.1, 0.15) is 5.75 Å². The molecular weight excluding hydrogens is 396 g/mol. The van der Waals surface area contributed by atoms with E-state index in [0.29, 0.717) is 28.6 Å². The summed E-state index contributed by atoms with van der Waals surface area (Å²) in [7, 11) is 1.55. The molecule has 0 fully saturated rings. The van der Waals surface area contributed by atoms with Gasteiger partial charge in [-0.3, -0.25) is 9.20 Å². The molecule has 0 aliphatic heterocycles. The fourth-order valence-corrected chi connectivity index (χ4v) is 4.06. The van der Waals surface area contributed by atoms with Crippen LogP contribution in [0.3, 0.4) is 0 Å². The van der Waals surface area contributed by atoms with Crippen LogP contribution in [0.25, 0.3) is 16.6 Å². The highest BCUT2D eigenvalue weighted by Gasteiger charge is 2.11. The summed E-state index contributed by atoms with van der Waals surface area (Å²) in [6, 6.07) is 17.2. The molecule has 28 heavy (non-hydrogen) atoms. The zero-order valence-corrected chi connectivity index (χ0v) is 16.6. The van der Waals surface area contributed by atoms with Crippen molar-refractivity contribution >= 4 is 51.5 Å². The minimum atomic E-state index is -0.0904. The lowest BCUT2D eigenvalue weighted by Gasteiger charge is -2.08. The topological polar surface area (TPSA) is 68.5 Å². The third-order valence-corrected chi connectivity index (χ3v) is 5.47. The van der Waals surface area contributed by atoms with Crippen LogP contribution in [-0.2, 0) is 4.79 Å². The lowest BCUT2D eigenvalue weighted by atomic mass is 10.2. The van der Waals surface area contributed by atoms with E-state index in [1.54, 1.807) is 25.3 Å². The van der Waals surface area contributed by atoms with Crippen LogP contribution < -0.4 is 10.1 Å². The van der Waals surface area contributed by atoms with E-state index < -0.39 is 0 Å². The first-order chi connectivity index (χ1) is 13.7. The summed E-state index contributed by atoms with van der Waals surface area (Å²) in [5.74, 6) is 1.06. The summed E-state index contributed by atoms with van der Waals surface area (Å²) in [5, 5.41) is 13.7. The largest absolute Gasteiger partial charge is 0.495 e. The third kappa shape index (κ3) is 3.76. The van der Waals surface area contributed by atoms with Crippen molar-refractivity contribution in [2.24, 2.45) is 0 Å². The number of nitrogens with zero attached hydrogens (tertiary/aromatic N) is 3. The van der Waals surface area contributed by atoms with E-state index in [0.717, 1.165) is 21.7 Å². The number of carbonyl (C=O) groups is 1. The number of nitrogens with one attached hydrogen (secondary N) is 1. The Balaban J connectivity index is 1.42. The molecule has 1 amide bonds. The van der Waals surface area contributed by atoms with Crippen LogP contribution in [0.1, 0.15) is 6.42 Å². The zero-order valence-electron chi connectivity index (χ0n) is 15.1. The second-order valence-corrected chi connectivity index (χ2v) is 7.53. The number of aromatic nitrogens is 3. The highest BCUT2D eigenvalue weighted by atomic mass is 35.5. The molecule has 1 N–H and O–H groups in total. The van der Waals surface area contributed by atoms with Gasteiger partial charge in [-0.2, -0.15) is 0 Å². The molecule has 0 radical (unpaired) electrons. The van der Waals surface area contributed by atoms with Crippen LogP contribution in [0.5, 0.6) is 5.75 Å². The maximum atomic E-state index is 12.2. The van der Waals surface area contributed by atoms with E-state index in [9.17, 15) is 4.79 Å². The van der Waals surface area contributed by atoms with Gasteiger partial charge in [0.25, 0.3) is 0 Å². The van der Waals surface area contributed by atoms with Crippen molar-refractivity contribution in [3.8, 4) is 5.75 Å². The predicted octanol–water partition coefficient (Wildman–Crippen LogP) is 4.67. The van der Waals surface area contributed by atoms with Crippen LogP contribution in [0.15, 0.2) is 59.8 Å². The number of thioether (sulfide) groups is 1. The molecule has 0 saturated carbocycles. The van der Waals surface area contributed by atoms with Crippen molar-refractivity contribution < 1.29 is 9.53 Å². The monoisotopic (exact) mass is 412 g/mol. The van der Waals surface area contributed by atoms with Crippen molar-refractivity contribution in [2.45, 2.75) is 11.6 Å². The molecule has 142 valence electrons. The molecular formula is C20H17ClN4O2S. The van der Waals surface area contributed by atoms with Gasteiger partial charge in [0.15, 0.2) is 10.8 Å². The molecule has 2 heterocycles. The van der Waals surface area contributed by atoms with Crippen molar-refractivity contribution in [3.63, 3.8) is 0 Å². The van der Waals surface area contributed by atoms with E-state index in [-0.39, 0.29) is 5.91 Å². The first kappa shape index (κ1) is 18.6. The maximum Gasteiger partial charge on any atom is 0.225 e. The second kappa shape index (κ2) is 8.08. The number of pyridine rings is 1. The SMILES string of the molecule is COc1ccc(NC(=O)CCSc2nnc3ccc4ccccc4n23)cc1Cl. The van der Waals surface area contributed by atoms with E-state index in [2.05, 4.69) is 21.6 Å². The fourth-order valence-electron chi connectivity index (χ4n) is 2.91. The molecule has 0 saturated heterocycles. The van der Waals surface area contributed by atoms with Gasteiger partial charge < -0.3 is 10.1 Å². The molecule has 0 aliphatic carbocycles. The Bertz CT molecular complexity index is 1160. The zero-order chi connectivity index (χ0) is 19.5. The van der Waals surface area contributed by atoms with Crippen LogP contribution >= 0.6 is 23.4 Å². The Labute approximate surface area is 170 Å². The number of halogens is 1. The van der Waals surface area contributed by atoms with Crippen molar-refractivity contribution in [3.05, 3.63) is 59.6 Å². The number of anilines is 1. The minimum Gasteiger partial charge on any atom is -0.495 e. The highest BCUT2D eigenvalue weighted by Crippen LogP contribution is 2.27. The highest BCUT2D eigenvalue weighted by molar-refractivity contribution is 7.99.